The molecule has 0 radical (unpaired) electrons. The van der Waals surface area contributed by atoms with Crippen molar-refractivity contribution < 1.29 is 26.6 Å². The number of carbonyl (C=O) groups is 3. The van der Waals surface area contributed by atoms with Gasteiger partial charge in [0.2, 0.25) is 5.78 Å². The predicted molar refractivity (Wildman–Crippen MR) is 56.6 cm³/mol. The fourth-order valence-electron chi connectivity index (χ4n) is 0.615. The Hall–Kier alpha value is -1.65. The highest BCUT2D eigenvalue weighted by atomic mass is 16.6. The SMILES string of the molecule is [2H]/C(COC(=O)C(C)=O)=C(\[2H])C(=O)OC(C)(C)C. The molecule has 5 nitrogen and oxygen atoms in total. The van der Waals surface area contributed by atoms with E-state index in [0.717, 1.165) is 6.92 Å². The Balaban J connectivity index is 4.57. The van der Waals surface area contributed by atoms with E-state index in [9.17, 15) is 14.4 Å². The van der Waals surface area contributed by atoms with Crippen LogP contribution in [0.5, 0.6) is 0 Å². The highest BCUT2D eigenvalue weighted by Gasteiger charge is 2.13. The van der Waals surface area contributed by atoms with Gasteiger partial charge in [-0.2, -0.15) is 0 Å². The molecule has 0 amide bonds. The molecule has 0 aromatic carbocycles. The van der Waals surface area contributed by atoms with Gasteiger partial charge in [-0.25, -0.2) is 9.59 Å². The molecule has 0 fully saturated rings. The van der Waals surface area contributed by atoms with Crippen LogP contribution < -0.4 is 0 Å². The molecule has 0 unspecified atom stereocenters. The van der Waals surface area contributed by atoms with Crippen molar-refractivity contribution >= 4 is 17.7 Å². The van der Waals surface area contributed by atoms with E-state index in [1.54, 1.807) is 20.8 Å². The molecule has 16 heavy (non-hydrogen) atoms. The van der Waals surface area contributed by atoms with Crippen molar-refractivity contribution in [1.29, 1.82) is 0 Å². The molecule has 0 atom stereocenters. The molecule has 0 aliphatic carbocycles. The summed E-state index contributed by atoms with van der Waals surface area (Å²) in [5.74, 6) is -2.91. The van der Waals surface area contributed by atoms with Crippen molar-refractivity contribution in [2.75, 3.05) is 6.61 Å². The smallest absolute Gasteiger partial charge is 0.374 e. The summed E-state index contributed by atoms with van der Waals surface area (Å²) in [7, 11) is 0. The lowest BCUT2D eigenvalue weighted by molar-refractivity contribution is -0.152. The number of rotatable bonds is 4. The molecule has 0 saturated heterocycles. The zero-order valence-corrected chi connectivity index (χ0v) is 9.75. The van der Waals surface area contributed by atoms with Gasteiger partial charge in [0.1, 0.15) is 12.2 Å². The van der Waals surface area contributed by atoms with Crippen LogP contribution in [0.3, 0.4) is 0 Å². The average molecular weight is 230 g/mol. The number of ketones is 1. The van der Waals surface area contributed by atoms with Crippen LogP contribution in [0, 0.1) is 0 Å². The van der Waals surface area contributed by atoms with Crippen molar-refractivity contribution in [2.24, 2.45) is 0 Å². The van der Waals surface area contributed by atoms with Gasteiger partial charge in [0, 0.05) is 13.0 Å². The van der Waals surface area contributed by atoms with E-state index in [-0.39, 0.29) is 0 Å². The maximum Gasteiger partial charge on any atom is 0.374 e. The Labute approximate surface area is 97.2 Å². The number of carbonyl (C=O) groups excluding carboxylic acids is 3. The summed E-state index contributed by atoms with van der Waals surface area (Å²) in [6, 6.07) is -1.24. The largest absolute Gasteiger partial charge is 0.457 e. The quantitative estimate of drug-likeness (QED) is 0.409. The van der Waals surface area contributed by atoms with E-state index >= 15 is 0 Å². The zero-order valence-electron chi connectivity index (χ0n) is 11.7. The Kier molecular flexibility index (Phi) is 4.10. The van der Waals surface area contributed by atoms with Gasteiger partial charge < -0.3 is 9.47 Å². The van der Waals surface area contributed by atoms with Gasteiger partial charge in [-0.05, 0) is 26.8 Å². The summed E-state index contributed by atoms with van der Waals surface area (Å²) < 4.78 is 24.0. The topological polar surface area (TPSA) is 69.7 Å². The van der Waals surface area contributed by atoms with Crippen LogP contribution in [-0.4, -0.2) is 29.9 Å². The van der Waals surface area contributed by atoms with Crippen molar-refractivity contribution in [1.82, 2.24) is 0 Å². The molecule has 0 aromatic heterocycles. The molecule has 0 aliphatic heterocycles. The number of esters is 2. The Morgan fingerprint density at radius 2 is 1.88 bits per heavy atom. The lowest BCUT2D eigenvalue weighted by atomic mass is 10.2. The highest BCUT2D eigenvalue weighted by molar-refractivity contribution is 6.32. The van der Waals surface area contributed by atoms with Crippen molar-refractivity contribution in [2.45, 2.75) is 33.3 Å². The van der Waals surface area contributed by atoms with E-state index in [1.807, 2.05) is 0 Å². The first kappa shape index (κ1) is 10.9. The molecule has 0 heterocycles. The highest BCUT2D eigenvalue weighted by Crippen LogP contribution is 2.06. The van der Waals surface area contributed by atoms with Gasteiger partial charge in [-0.1, -0.05) is 0 Å². The third-order valence-corrected chi connectivity index (χ3v) is 1.15. The minimum Gasteiger partial charge on any atom is -0.457 e. The van der Waals surface area contributed by atoms with Crippen LogP contribution in [-0.2, 0) is 23.9 Å². The second-order valence-corrected chi connectivity index (χ2v) is 3.94. The molecular weight excluding hydrogens is 212 g/mol. The number of hydrogen-bond acceptors (Lipinski definition) is 5. The third kappa shape index (κ3) is 7.73. The Morgan fingerprint density at radius 3 is 2.31 bits per heavy atom. The molecular formula is C11H16O5. The maximum absolute atomic E-state index is 11.4. The molecule has 0 saturated carbocycles. The molecule has 0 N–H and O–H groups in total. The van der Waals surface area contributed by atoms with Crippen molar-refractivity contribution in [3.05, 3.63) is 12.1 Å². The van der Waals surface area contributed by atoms with Gasteiger partial charge in [0.05, 0.1) is 2.74 Å². The summed E-state index contributed by atoms with van der Waals surface area (Å²) >= 11 is 0. The van der Waals surface area contributed by atoms with Gasteiger partial charge in [0.25, 0.3) is 0 Å². The van der Waals surface area contributed by atoms with Crippen LogP contribution in [0.15, 0.2) is 12.1 Å². The van der Waals surface area contributed by atoms with Crippen LogP contribution in [0.1, 0.15) is 30.4 Å². The fourth-order valence-corrected chi connectivity index (χ4v) is 0.615. The predicted octanol–water partition coefficient (Wildman–Crippen LogP) is 1.02. The fraction of sp³-hybridized carbons (Fsp3) is 0.545. The lowest BCUT2D eigenvalue weighted by Gasteiger charge is -2.17. The first-order valence-electron chi connectivity index (χ1n) is 5.62. The zero-order chi connectivity index (χ0) is 14.5. The van der Waals surface area contributed by atoms with Gasteiger partial charge in [-0.3, -0.25) is 4.79 Å². The second-order valence-electron chi connectivity index (χ2n) is 3.94. The maximum atomic E-state index is 11.4. The molecule has 90 valence electrons. The molecule has 0 rings (SSSR count). The molecule has 0 aromatic rings. The first-order chi connectivity index (χ1) is 8.04. The minimum absolute atomic E-state index is 0.529. The number of hydrogen-bond donors (Lipinski definition) is 0. The van der Waals surface area contributed by atoms with E-state index < -0.39 is 42.0 Å². The molecule has 5 heteroatoms. The second kappa shape index (κ2) is 6.05. The Bertz CT molecular complexity index is 393. The summed E-state index contributed by atoms with van der Waals surface area (Å²) in [5.41, 5.74) is -0.778. The van der Waals surface area contributed by atoms with E-state index in [4.69, 9.17) is 7.48 Å². The van der Waals surface area contributed by atoms with Crippen LogP contribution in [0.25, 0.3) is 0 Å². The van der Waals surface area contributed by atoms with Crippen LogP contribution in [0.4, 0.5) is 0 Å². The first-order valence-corrected chi connectivity index (χ1v) is 4.62. The summed E-state index contributed by atoms with van der Waals surface area (Å²) in [6.45, 7) is 5.27. The number of ether oxygens (including phenoxy) is 2. The number of Topliss-reactive ketones (excluding diaryl/α,β-unsaturated/α-hetero) is 1. The standard InChI is InChI=1S/C11H16O5/c1-8(12)10(14)15-7-5-6-9(13)16-11(2,3)4/h5-6H,7H2,1-4H3/b6-5-/i5D,6D. The van der Waals surface area contributed by atoms with Gasteiger partial charge >= 0.3 is 11.9 Å². The summed E-state index contributed by atoms with van der Waals surface area (Å²) in [5, 5.41) is 0. The summed E-state index contributed by atoms with van der Waals surface area (Å²) in [6.07, 6.45) is 0. The molecule has 0 bridgehead atoms. The van der Waals surface area contributed by atoms with E-state index in [0.29, 0.717) is 0 Å². The molecule has 0 aliphatic rings. The van der Waals surface area contributed by atoms with Crippen molar-refractivity contribution in [3.8, 4) is 0 Å². The van der Waals surface area contributed by atoms with Gasteiger partial charge in [0.15, 0.2) is 0 Å². The van der Waals surface area contributed by atoms with Crippen LogP contribution in [0.2, 0.25) is 0 Å². The molecule has 0 spiro atoms. The van der Waals surface area contributed by atoms with Gasteiger partial charge in [-0.15, -0.1) is 0 Å². The third-order valence-electron chi connectivity index (χ3n) is 1.15. The Morgan fingerprint density at radius 1 is 1.31 bits per heavy atom. The lowest BCUT2D eigenvalue weighted by Crippen LogP contribution is -2.22. The van der Waals surface area contributed by atoms with Crippen LogP contribution >= 0.6 is 0 Å². The monoisotopic (exact) mass is 230 g/mol. The van der Waals surface area contributed by atoms with E-state index in [2.05, 4.69) is 4.74 Å². The van der Waals surface area contributed by atoms with Crippen molar-refractivity contribution in [3.63, 3.8) is 0 Å². The average Bonchev–Trinajstić information content (AvgIpc) is 2.21. The minimum atomic E-state index is -1.11. The normalized spacial score (nSPS) is 14.2. The summed E-state index contributed by atoms with van der Waals surface area (Å²) in [4.78, 5) is 32.8. The van der Waals surface area contributed by atoms with E-state index in [1.165, 1.54) is 0 Å².